The van der Waals surface area contributed by atoms with Crippen LogP contribution in [-0.2, 0) is 14.8 Å². The highest BCUT2D eigenvalue weighted by atomic mass is 32.2. The van der Waals surface area contributed by atoms with Gasteiger partial charge in [0.05, 0.1) is 12.6 Å². The second-order valence-corrected chi connectivity index (χ2v) is 6.32. The van der Waals surface area contributed by atoms with Gasteiger partial charge < -0.3 is 10.5 Å². The molecule has 5 nitrogen and oxygen atoms in total. The Bertz CT molecular complexity index is 586. The van der Waals surface area contributed by atoms with Gasteiger partial charge in [0.15, 0.2) is 11.6 Å². The molecule has 19 heavy (non-hydrogen) atoms. The van der Waals surface area contributed by atoms with Crippen LogP contribution in [0.25, 0.3) is 0 Å². The molecule has 0 bridgehead atoms. The summed E-state index contributed by atoms with van der Waals surface area (Å²) < 4.78 is 57.5. The van der Waals surface area contributed by atoms with E-state index in [-0.39, 0.29) is 18.3 Å². The third kappa shape index (κ3) is 2.56. The van der Waals surface area contributed by atoms with E-state index in [0.717, 1.165) is 16.4 Å². The first-order valence-corrected chi connectivity index (χ1v) is 7.08. The number of likely N-dealkylation sites (N-methyl/N-ethyl adjacent to an activating group) is 1. The van der Waals surface area contributed by atoms with Crippen LogP contribution in [0.1, 0.15) is 6.42 Å². The summed E-state index contributed by atoms with van der Waals surface area (Å²) in [5.74, 6) is -2.70. The van der Waals surface area contributed by atoms with Crippen molar-refractivity contribution in [3.05, 3.63) is 23.8 Å². The summed E-state index contributed by atoms with van der Waals surface area (Å²) in [5.41, 5.74) is 5.22. The lowest BCUT2D eigenvalue weighted by atomic mass is 10.3. The molecule has 1 unspecified atom stereocenters. The Morgan fingerprint density at radius 3 is 2.68 bits per heavy atom. The molecule has 0 aliphatic carbocycles. The average molecular weight is 292 g/mol. The Labute approximate surface area is 110 Å². The van der Waals surface area contributed by atoms with E-state index < -0.39 is 26.6 Å². The van der Waals surface area contributed by atoms with Crippen molar-refractivity contribution in [1.82, 2.24) is 4.31 Å². The van der Waals surface area contributed by atoms with E-state index in [9.17, 15) is 17.2 Å². The van der Waals surface area contributed by atoms with Gasteiger partial charge in [-0.1, -0.05) is 0 Å². The van der Waals surface area contributed by atoms with Crippen LogP contribution in [0.2, 0.25) is 0 Å². The molecule has 1 aromatic carbocycles. The lowest BCUT2D eigenvalue weighted by Gasteiger charge is -2.23. The first kappa shape index (κ1) is 14.2. The van der Waals surface area contributed by atoms with E-state index in [4.69, 9.17) is 10.5 Å². The molecule has 1 aliphatic heterocycles. The van der Waals surface area contributed by atoms with E-state index in [1.807, 2.05) is 0 Å². The fraction of sp³-hybridized carbons (Fsp3) is 0.455. The molecule has 1 aliphatic rings. The number of rotatable bonds is 3. The van der Waals surface area contributed by atoms with E-state index in [2.05, 4.69) is 0 Å². The Morgan fingerprint density at radius 1 is 1.42 bits per heavy atom. The zero-order chi connectivity index (χ0) is 14.2. The minimum Gasteiger partial charge on any atom is -0.399 e. The van der Waals surface area contributed by atoms with Crippen LogP contribution in [0.15, 0.2) is 17.0 Å². The third-order valence-electron chi connectivity index (χ3n) is 3.09. The number of hydrogen-bond donors (Lipinski definition) is 1. The van der Waals surface area contributed by atoms with Gasteiger partial charge in [-0.25, -0.2) is 17.2 Å². The van der Waals surface area contributed by atoms with Crippen LogP contribution in [0.3, 0.4) is 0 Å². The number of nitrogen functional groups attached to an aromatic ring is 1. The van der Waals surface area contributed by atoms with E-state index in [1.165, 1.54) is 7.05 Å². The van der Waals surface area contributed by atoms with Crippen molar-refractivity contribution in [2.75, 3.05) is 26.0 Å². The van der Waals surface area contributed by atoms with Crippen molar-refractivity contribution >= 4 is 15.7 Å². The van der Waals surface area contributed by atoms with Gasteiger partial charge in [0.1, 0.15) is 4.90 Å². The zero-order valence-corrected chi connectivity index (χ0v) is 11.1. The Kier molecular flexibility index (Phi) is 3.75. The minimum atomic E-state index is -4.14. The van der Waals surface area contributed by atoms with E-state index in [1.54, 1.807) is 0 Å². The molecule has 0 aromatic heterocycles. The first-order valence-electron chi connectivity index (χ1n) is 5.64. The summed E-state index contributed by atoms with van der Waals surface area (Å²) in [7, 11) is -2.83. The number of hydrogen-bond acceptors (Lipinski definition) is 4. The molecule has 1 aromatic rings. The standard InChI is InChI=1S/C11H14F2N2O3S/c1-15(8-2-3-18-6-8)19(16,17)10-5-7(14)4-9(12)11(10)13/h4-5,8H,2-3,6,14H2,1H3. The number of halogens is 2. The van der Waals surface area contributed by atoms with Crippen molar-refractivity contribution in [2.45, 2.75) is 17.4 Å². The largest absolute Gasteiger partial charge is 0.399 e. The van der Waals surface area contributed by atoms with Gasteiger partial charge in [0.2, 0.25) is 10.0 Å². The molecule has 0 radical (unpaired) electrons. The van der Waals surface area contributed by atoms with Crippen LogP contribution in [0, 0.1) is 11.6 Å². The summed E-state index contributed by atoms with van der Waals surface area (Å²) >= 11 is 0. The summed E-state index contributed by atoms with van der Waals surface area (Å²) in [4.78, 5) is -0.751. The van der Waals surface area contributed by atoms with Crippen molar-refractivity contribution in [3.8, 4) is 0 Å². The molecule has 0 amide bonds. The van der Waals surface area contributed by atoms with Gasteiger partial charge in [-0.05, 0) is 18.6 Å². The Morgan fingerprint density at radius 2 is 2.11 bits per heavy atom. The monoisotopic (exact) mass is 292 g/mol. The second-order valence-electron chi connectivity index (χ2n) is 4.35. The summed E-state index contributed by atoms with van der Waals surface area (Å²) in [6.45, 7) is 0.681. The predicted octanol–water partition coefficient (Wildman–Crippen LogP) is 0.956. The zero-order valence-electron chi connectivity index (χ0n) is 10.3. The van der Waals surface area contributed by atoms with Gasteiger partial charge in [-0.2, -0.15) is 4.31 Å². The number of ether oxygens (including phenoxy) is 1. The van der Waals surface area contributed by atoms with Crippen LogP contribution < -0.4 is 5.73 Å². The SMILES string of the molecule is CN(C1CCOC1)S(=O)(=O)c1cc(N)cc(F)c1F. The molecule has 8 heteroatoms. The van der Waals surface area contributed by atoms with Crippen molar-refractivity contribution in [2.24, 2.45) is 0 Å². The minimum absolute atomic E-state index is 0.145. The maximum atomic E-state index is 13.7. The number of anilines is 1. The molecule has 1 saturated heterocycles. The van der Waals surface area contributed by atoms with E-state index in [0.29, 0.717) is 13.0 Å². The Hall–Kier alpha value is -1.25. The molecular formula is C11H14F2N2O3S. The van der Waals surface area contributed by atoms with Gasteiger partial charge >= 0.3 is 0 Å². The summed E-state index contributed by atoms with van der Waals surface area (Å²) in [6, 6.07) is 1.28. The summed E-state index contributed by atoms with van der Waals surface area (Å²) in [5, 5.41) is 0. The molecule has 1 heterocycles. The van der Waals surface area contributed by atoms with Gasteiger partial charge in [-0.15, -0.1) is 0 Å². The lowest BCUT2D eigenvalue weighted by molar-refractivity contribution is 0.180. The number of nitrogens with zero attached hydrogens (tertiary/aromatic N) is 1. The average Bonchev–Trinajstić information content (AvgIpc) is 2.86. The van der Waals surface area contributed by atoms with Crippen molar-refractivity contribution < 1.29 is 21.9 Å². The third-order valence-corrected chi connectivity index (χ3v) is 5.00. The molecule has 1 fully saturated rings. The number of nitrogens with two attached hydrogens (primary N) is 1. The fourth-order valence-corrected chi connectivity index (χ4v) is 3.41. The molecule has 0 saturated carbocycles. The highest BCUT2D eigenvalue weighted by Crippen LogP contribution is 2.26. The lowest BCUT2D eigenvalue weighted by Crippen LogP contribution is -2.37. The molecule has 106 valence electrons. The molecule has 2 rings (SSSR count). The molecule has 1 atom stereocenters. The topological polar surface area (TPSA) is 72.6 Å². The molecular weight excluding hydrogens is 278 g/mol. The van der Waals surface area contributed by atoms with Crippen LogP contribution in [0.4, 0.5) is 14.5 Å². The smallest absolute Gasteiger partial charge is 0.246 e. The second kappa shape index (κ2) is 5.03. The normalized spacial score (nSPS) is 20.1. The molecule has 2 N–H and O–H groups in total. The maximum absolute atomic E-state index is 13.7. The highest BCUT2D eigenvalue weighted by molar-refractivity contribution is 7.89. The van der Waals surface area contributed by atoms with Crippen molar-refractivity contribution in [1.29, 1.82) is 0 Å². The van der Waals surface area contributed by atoms with Crippen LogP contribution in [-0.4, -0.2) is 39.0 Å². The Balaban J connectivity index is 2.44. The van der Waals surface area contributed by atoms with Gasteiger partial charge in [0.25, 0.3) is 0 Å². The number of sulfonamides is 1. The van der Waals surface area contributed by atoms with Crippen LogP contribution in [0.5, 0.6) is 0 Å². The fourth-order valence-electron chi connectivity index (χ4n) is 1.93. The van der Waals surface area contributed by atoms with Gasteiger partial charge in [-0.3, -0.25) is 0 Å². The first-order chi connectivity index (χ1) is 8.84. The highest BCUT2D eigenvalue weighted by Gasteiger charge is 2.33. The van der Waals surface area contributed by atoms with Gasteiger partial charge in [0, 0.05) is 19.3 Å². The number of benzene rings is 1. The van der Waals surface area contributed by atoms with E-state index >= 15 is 0 Å². The predicted molar refractivity (Wildman–Crippen MR) is 64.9 cm³/mol. The quantitative estimate of drug-likeness (QED) is 0.842. The van der Waals surface area contributed by atoms with Crippen molar-refractivity contribution in [3.63, 3.8) is 0 Å². The maximum Gasteiger partial charge on any atom is 0.246 e. The summed E-state index contributed by atoms with van der Waals surface area (Å²) in [6.07, 6.45) is 0.516. The van der Waals surface area contributed by atoms with Crippen LogP contribution >= 0.6 is 0 Å². The molecule has 0 spiro atoms.